The Kier molecular flexibility index (Phi) is 8.67. The molecule has 2 aromatic carbocycles. The molecular weight excluding hydrogens is 428 g/mol. The van der Waals surface area contributed by atoms with Gasteiger partial charge in [0, 0.05) is 10.6 Å². The number of ether oxygens (including phenoxy) is 2. The summed E-state index contributed by atoms with van der Waals surface area (Å²) in [6.45, 7) is 4.54. The van der Waals surface area contributed by atoms with Gasteiger partial charge in [-0.05, 0) is 43.5 Å². The maximum Gasteiger partial charge on any atom is 0.322 e. The van der Waals surface area contributed by atoms with Crippen LogP contribution >= 0.6 is 15.9 Å². The van der Waals surface area contributed by atoms with Crippen LogP contribution in [0.15, 0.2) is 59.5 Å². The van der Waals surface area contributed by atoms with Gasteiger partial charge in [-0.2, -0.15) is 0 Å². The Morgan fingerprint density at radius 2 is 1.63 bits per heavy atom. The molecule has 1 atom stereocenters. The molecule has 0 saturated carbocycles. The number of aryl methyl sites for hydroxylation is 1. The third-order valence-electron chi connectivity index (χ3n) is 3.82. The van der Waals surface area contributed by atoms with Crippen LogP contribution in [-0.4, -0.2) is 33.5 Å². The Morgan fingerprint density at radius 1 is 1.00 bits per heavy atom. The van der Waals surface area contributed by atoms with E-state index in [2.05, 4.69) is 15.9 Å². The first kappa shape index (κ1) is 21.8. The van der Waals surface area contributed by atoms with E-state index in [4.69, 9.17) is 9.47 Å². The van der Waals surface area contributed by atoms with Crippen LogP contribution in [0.25, 0.3) is 0 Å². The van der Waals surface area contributed by atoms with Gasteiger partial charge in [-0.15, -0.1) is 0 Å². The highest BCUT2D eigenvalue weighted by Crippen LogP contribution is 2.17. The van der Waals surface area contributed by atoms with Gasteiger partial charge in [0.05, 0.1) is 24.0 Å². The van der Waals surface area contributed by atoms with Crippen LogP contribution in [0.1, 0.15) is 25.0 Å². The molecule has 0 amide bonds. The second-order valence-corrected chi connectivity index (χ2v) is 10.1. The zero-order chi connectivity index (χ0) is 19.7. The fourth-order valence-corrected chi connectivity index (χ4v) is 3.49. The highest BCUT2D eigenvalue weighted by atomic mass is 79.9. The molecule has 0 saturated heterocycles. The Bertz CT molecular complexity index is 739. The predicted molar refractivity (Wildman–Crippen MR) is 111 cm³/mol. The zero-order valence-corrected chi connectivity index (χ0v) is 18.1. The Labute approximate surface area is 171 Å². The molecule has 0 bridgehead atoms. The number of hydrogen-bond donors (Lipinski definition) is 0. The van der Waals surface area contributed by atoms with Crippen LogP contribution in [0.4, 0.5) is 0 Å². The van der Waals surface area contributed by atoms with Crippen molar-refractivity contribution in [3.8, 4) is 0 Å². The summed E-state index contributed by atoms with van der Waals surface area (Å²) < 4.78 is 22.2. The van der Waals surface area contributed by atoms with Crippen molar-refractivity contribution in [2.45, 2.75) is 36.1 Å². The lowest BCUT2D eigenvalue weighted by Crippen LogP contribution is -2.27. The summed E-state index contributed by atoms with van der Waals surface area (Å²) in [4.78, 5) is 12.5. The summed E-state index contributed by atoms with van der Waals surface area (Å²) in [6.07, 6.45) is 0.765. The van der Waals surface area contributed by atoms with E-state index in [0.29, 0.717) is 19.0 Å². The number of carbonyl (C=O) groups excluding carboxylic acids is 1. The molecule has 0 aliphatic heterocycles. The molecule has 4 nitrogen and oxygen atoms in total. The Morgan fingerprint density at radius 3 is 2.26 bits per heavy atom. The van der Waals surface area contributed by atoms with Crippen LogP contribution < -0.4 is 0 Å². The molecule has 0 N–H and O–H groups in total. The quantitative estimate of drug-likeness (QED) is 0.306. The average molecular weight is 453 g/mol. The van der Waals surface area contributed by atoms with E-state index in [1.165, 1.54) is 0 Å². The summed E-state index contributed by atoms with van der Waals surface area (Å²) in [6, 6.07) is 17.6. The number of hydrogen-bond acceptors (Lipinski definition) is 4. The molecule has 27 heavy (non-hydrogen) atoms. The zero-order valence-electron chi connectivity index (χ0n) is 15.7. The monoisotopic (exact) mass is 452 g/mol. The van der Waals surface area contributed by atoms with E-state index in [0.717, 1.165) is 22.4 Å². The lowest BCUT2D eigenvalue weighted by molar-refractivity contribution is -0.147. The van der Waals surface area contributed by atoms with Gasteiger partial charge in [0.1, 0.15) is 10.9 Å². The van der Waals surface area contributed by atoms with E-state index in [1.54, 1.807) is 13.8 Å². The Hall–Kier alpha value is -1.50. The first-order valence-corrected chi connectivity index (χ1v) is 10.9. The number of halogens is 1. The lowest BCUT2D eigenvalue weighted by Gasteiger charge is -2.14. The van der Waals surface area contributed by atoms with E-state index in [-0.39, 0.29) is 12.6 Å². The van der Waals surface area contributed by atoms with Crippen molar-refractivity contribution in [2.75, 3.05) is 19.0 Å². The predicted octanol–water partition coefficient (Wildman–Crippen LogP) is 4.27. The molecule has 0 radical (unpaired) electrons. The molecule has 0 aliphatic rings. The molecule has 0 fully saturated rings. The number of rotatable bonds is 10. The molecule has 146 valence electrons. The van der Waals surface area contributed by atoms with Crippen molar-refractivity contribution in [2.24, 2.45) is 0 Å². The highest BCUT2D eigenvalue weighted by Gasteiger charge is 2.25. The van der Waals surface area contributed by atoms with Gasteiger partial charge in [0.15, 0.2) is 0 Å². The number of alkyl halides is 1. The number of esters is 1. The average Bonchev–Trinajstić information content (AvgIpc) is 2.66. The number of benzene rings is 2. The van der Waals surface area contributed by atoms with Gasteiger partial charge in [-0.25, -0.2) is 0 Å². The molecule has 0 heterocycles. The van der Waals surface area contributed by atoms with Crippen molar-refractivity contribution < 1.29 is 18.5 Å². The van der Waals surface area contributed by atoms with Gasteiger partial charge >= 0.3 is 5.97 Å². The van der Waals surface area contributed by atoms with Crippen LogP contribution in [-0.2, 0) is 38.1 Å². The fourth-order valence-electron chi connectivity index (χ4n) is 2.26. The van der Waals surface area contributed by atoms with E-state index < -0.39 is 15.1 Å². The molecule has 0 aromatic heterocycles. The van der Waals surface area contributed by atoms with Crippen LogP contribution in [0, 0.1) is 0 Å². The van der Waals surface area contributed by atoms with Gasteiger partial charge in [0.25, 0.3) is 0 Å². The van der Waals surface area contributed by atoms with Gasteiger partial charge in [0.2, 0.25) is 0 Å². The van der Waals surface area contributed by atoms with Gasteiger partial charge in [-0.1, -0.05) is 58.4 Å². The molecular formula is C21H25BrO4S. The fraction of sp³-hybridized carbons (Fsp3) is 0.381. The summed E-state index contributed by atoms with van der Waals surface area (Å²) in [5.41, 5.74) is 2.20. The largest absolute Gasteiger partial charge is 0.462 e. The molecule has 2 rings (SSSR count). The number of carbonyl (C=O) groups is 1. The molecule has 0 spiro atoms. The molecule has 2 aromatic rings. The first-order valence-electron chi connectivity index (χ1n) is 8.81. The van der Waals surface area contributed by atoms with Crippen molar-refractivity contribution in [3.63, 3.8) is 0 Å². The topological polar surface area (TPSA) is 52.6 Å². The lowest BCUT2D eigenvalue weighted by atomic mass is 10.1. The van der Waals surface area contributed by atoms with Crippen LogP contribution in [0.5, 0.6) is 0 Å². The van der Waals surface area contributed by atoms with Gasteiger partial charge < -0.3 is 9.47 Å². The minimum absolute atomic E-state index is 0.233. The second kappa shape index (κ2) is 10.7. The summed E-state index contributed by atoms with van der Waals surface area (Å²) >= 11 is 3.26. The SMILES string of the molecule is CC(C)(Br)C(=O)OCCOCc1ccc(CCS(=O)c2ccccc2)cc1. The first-order chi connectivity index (χ1) is 12.9. The van der Waals surface area contributed by atoms with Crippen molar-refractivity contribution >= 4 is 32.7 Å². The third kappa shape index (κ3) is 7.95. The smallest absolute Gasteiger partial charge is 0.322 e. The molecule has 6 heteroatoms. The minimum Gasteiger partial charge on any atom is -0.462 e. The third-order valence-corrected chi connectivity index (χ3v) is 5.52. The van der Waals surface area contributed by atoms with Crippen LogP contribution in [0.2, 0.25) is 0 Å². The summed E-state index contributed by atoms with van der Waals surface area (Å²) in [5, 5.41) is 0. The maximum absolute atomic E-state index is 12.3. The minimum atomic E-state index is -0.976. The van der Waals surface area contributed by atoms with E-state index in [9.17, 15) is 9.00 Å². The maximum atomic E-state index is 12.3. The molecule has 0 aliphatic carbocycles. The normalized spacial score (nSPS) is 12.6. The van der Waals surface area contributed by atoms with Gasteiger partial charge in [-0.3, -0.25) is 9.00 Å². The summed E-state index contributed by atoms with van der Waals surface area (Å²) in [7, 11) is -0.976. The summed E-state index contributed by atoms with van der Waals surface area (Å²) in [5.74, 6) is 0.304. The second-order valence-electron chi connectivity index (χ2n) is 6.59. The van der Waals surface area contributed by atoms with E-state index >= 15 is 0 Å². The standard InChI is InChI=1S/C21H25BrO4S/c1-21(2,22)20(23)26-14-13-25-16-18-10-8-17(9-11-18)12-15-27(24)19-6-4-3-5-7-19/h3-11H,12-16H2,1-2H3. The van der Waals surface area contributed by atoms with Crippen molar-refractivity contribution in [1.82, 2.24) is 0 Å². The van der Waals surface area contributed by atoms with Crippen LogP contribution in [0.3, 0.4) is 0 Å². The van der Waals surface area contributed by atoms with Crippen molar-refractivity contribution in [3.05, 3.63) is 65.7 Å². The van der Waals surface area contributed by atoms with E-state index in [1.807, 2.05) is 54.6 Å². The molecule has 1 unspecified atom stereocenters. The highest BCUT2D eigenvalue weighted by molar-refractivity contribution is 9.10. The van der Waals surface area contributed by atoms with Crippen molar-refractivity contribution in [1.29, 1.82) is 0 Å². The Balaban J connectivity index is 1.68.